The van der Waals surface area contributed by atoms with Crippen molar-refractivity contribution in [1.82, 2.24) is 4.98 Å². The van der Waals surface area contributed by atoms with Crippen molar-refractivity contribution in [2.24, 2.45) is 0 Å². The van der Waals surface area contributed by atoms with Crippen LogP contribution in [0.3, 0.4) is 0 Å². The van der Waals surface area contributed by atoms with Gasteiger partial charge in [-0.2, -0.15) is 0 Å². The maximum atomic E-state index is 7.11. The Morgan fingerprint density at radius 3 is 1.90 bits per heavy atom. The first-order valence-electron chi connectivity index (χ1n) is 23.5. The van der Waals surface area contributed by atoms with Crippen LogP contribution in [0.5, 0.6) is 0 Å². The second kappa shape index (κ2) is 17.3. The minimum Gasteiger partial charge on any atom is -0.455 e. The van der Waals surface area contributed by atoms with Crippen molar-refractivity contribution >= 4 is 105 Å². The first-order chi connectivity index (χ1) is 33.7. The van der Waals surface area contributed by atoms with Crippen molar-refractivity contribution in [3.8, 4) is 11.3 Å². The minimum atomic E-state index is 0.811. The van der Waals surface area contributed by atoms with E-state index in [-0.39, 0.29) is 0 Å². The number of benzene rings is 9. The number of hydrogen-bond acceptors (Lipinski definition) is 5. The molecule has 0 saturated carbocycles. The lowest BCUT2D eigenvalue weighted by Crippen LogP contribution is -2.12. The van der Waals surface area contributed by atoms with Crippen LogP contribution in [-0.2, 0) is 0 Å². The Morgan fingerprint density at radius 2 is 1.13 bits per heavy atom. The second-order valence-corrected chi connectivity index (χ2v) is 17.2. The van der Waals surface area contributed by atoms with E-state index < -0.39 is 0 Å². The molecule has 5 nitrogen and oxygen atoms in total. The van der Waals surface area contributed by atoms with Crippen molar-refractivity contribution in [1.29, 1.82) is 0 Å². The zero-order valence-electron chi connectivity index (χ0n) is 37.9. The molecule has 0 radical (unpaired) electrons. The van der Waals surface area contributed by atoms with E-state index in [0.717, 1.165) is 129 Å². The minimum absolute atomic E-state index is 0.811. The van der Waals surface area contributed by atoms with Crippen LogP contribution in [0.25, 0.3) is 82.3 Å². The molecule has 12 aromatic rings. The molecule has 5 heteroatoms. The predicted molar refractivity (Wildman–Crippen MR) is 286 cm³/mol. The van der Waals surface area contributed by atoms with Crippen LogP contribution in [-0.4, -0.2) is 4.98 Å². The molecule has 0 bridgehead atoms. The van der Waals surface area contributed by atoms with Gasteiger partial charge in [-0.3, -0.25) is 4.98 Å². The van der Waals surface area contributed by atoms with E-state index in [1.54, 1.807) is 0 Å². The van der Waals surface area contributed by atoms with Gasteiger partial charge < -0.3 is 18.6 Å². The van der Waals surface area contributed by atoms with Crippen LogP contribution in [0.2, 0.25) is 0 Å². The summed E-state index contributed by atoms with van der Waals surface area (Å²) >= 11 is 0. The van der Waals surface area contributed by atoms with Crippen LogP contribution in [0, 0.1) is 0 Å². The third kappa shape index (κ3) is 6.99. The van der Waals surface area contributed by atoms with E-state index in [0.29, 0.717) is 0 Å². The molecule has 0 fully saturated rings. The number of aromatic nitrogens is 1. The molecule has 68 heavy (non-hydrogen) atoms. The SMILES string of the molecule is C/C=C(\C=C/CCC)c1ccccc1N(c1ccc2c(c1)oc1c3ccc(-c4ccc(N(c5ccccc5)c5ccccc5)cn4)cc3c3ccccc3c21)c1cccc2c1oc1ccccc12. The lowest BCUT2D eigenvalue weighted by Gasteiger charge is -2.28. The molecule has 12 rings (SSSR count). The molecule has 0 amide bonds. The summed E-state index contributed by atoms with van der Waals surface area (Å²) in [4.78, 5) is 9.64. The Labute approximate surface area is 395 Å². The number of nitrogens with zero attached hydrogens (tertiary/aromatic N) is 3. The zero-order chi connectivity index (χ0) is 45.6. The summed E-state index contributed by atoms with van der Waals surface area (Å²) in [6, 6.07) is 70.5. The van der Waals surface area contributed by atoms with Gasteiger partial charge in [0.15, 0.2) is 5.58 Å². The van der Waals surface area contributed by atoms with Crippen molar-refractivity contribution in [3.63, 3.8) is 0 Å². The topological polar surface area (TPSA) is 45.7 Å². The molecule has 3 aromatic heterocycles. The highest BCUT2D eigenvalue weighted by molar-refractivity contribution is 6.30. The summed E-state index contributed by atoms with van der Waals surface area (Å²) in [5, 5.41) is 8.83. The number of para-hydroxylation sites is 5. The third-order valence-electron chi connectivity index (χ3n) is 13.2. The maximum Gasteiger partial charge on any atom is 0.159 e. The first kappa shape index (κ1) is 40.8. The average Bonchev–Trinajstić information content (AvgIpc) is 3.98. The average molecular weight is 878 g/mol. The molecule has 0 atom stereocenters. The fourth-order valence-corrected chi connectivity index (χ4v) is 9.98. The van der Waals surface area contributed by atoms with Gasteiger partial charge in [0.05, 0.1) is 34.6 Å². The lowest BCUT2D eigenvalue weighted by molar-refractivity contribution is 0.668. The molecule has 0 spiro atoms. The summed E-state index contributed by atoms with van der Waals surface area (Å²) in [6.45, 7) is 4.33. The fraction of sp³-hybridized carbons (Fsp3) is 0.0635. The molecule has 0 N–H and O–H groups in total. The van der Waals surface area contributed by atoms with Gasteiger partial charge in [-0.1, -0.05) is 147 Å². The highest BCUT2D eigenvalue weighted by atomic mass is 16.3. The highest BCUT2D eigenvalue weighted by Gasteiger charge is 2.24. The number of anilines is 6. The van der Waals surface area contributed by atoms with Crippen LogP contribution < -0.4 is 9.80 Å². The molecular formula is C63H47N3O2. The Hall–Kier alpha value is -8.67. The van der Waals surface area contributed by atoms with E-state index >= 15 is 0 Å². The van der Waals surface area contributed by atoms with Gasteiger partial charge in [-0.15, -0.1) is 0 Å². The Kier molecular flexibility index (Phi) is 10.4. The van der Waals surface area contributed by atoms with Crippen molar-refractivity contribution in [3.05, 3.63) is 230 Å². The molecule has 9 aromatic carbocycles. The summed E-state index contributed by atoms with van der Waals surface area (Å²) < 4.78 is 13.9. The third-order valence-corrected chi connectivity index (χ3v) is 13.2. The molecule has 0 aliphatic carbocycles. The van der Waals surface area contributed by atoms with Crippen molar-refractivity contribution < 1.29 is 8.83 Å². The Bertz CT molecular complexity index is 3840. The summed E-state index contributed by atoms with van der Waals surface area (Å²) in [5.41, 5.74) is 13.7. The highest BCUT2D eigenvalue weighted by Crippen LogP contribution is 2.48. The number of pyridine rings is 1. The monoisotopic (exact) mass is 877 g/mol. The van der Waals surface area contributed by atoms with E-state index in [4.69, 9.17) is 13.8 Å². The number of fused-ring (bicyclic) bond motifs is 11. The lowest BCUT2D eigenvalue weighted by atomic mass is 9.95. The molecule has 326 valence electrons. The molecule has 3 heterocycles. The number of furan rings is 2. The van der Waals surface area contributed by atoms with E-state index in [2.05, 4.69) is 218 Å². The van der Waals surface area contributed by atoms with Gasteiger partial charge in [0.2, 0.25) is 0 Å². The van der Waals surface area contributed by atoms with E-state index in [1.165, 1.54) is 5.39 Å². The number of hydrogen-bond donors (Lipinski definition) is 0. The normalized spacial score (nSPS) is 12.1. The van der Waals surface area contributed by atoms with Gasteiger partial charge in [-0.05, 0) is 114 Å². The van der Waals surface area contributed by atoms with E-state index in [1.807, 2.05) is 30.5 Å². The molecule has 0 unspecified atom stereocenters. The fourth-order valence-electron chi connectivity index (χ4n) is 9.98. The van der Waals surface area contributed by atoms with Crippen LogP contribution in [0.1, 0.15) is 32.3 Å². The summed E-state index contributed by atoms with van der Waals surface area (Å²) in [5.74, 6) is 0. The van der Waals surface area contributed by atoms with Crippen LogP contribution >= 0.6 is 0 Å². The predicted octanol–water partition coefficient (Wildman–Crippen LogP) is 18.6. The van der Waals surface area contributed by atoms with E-state index in [9.17, 15) is 0 Å². The maximum absolute atomic E-state index is 7.11. The van der Waals surface area contributed by atoms with Crippen molar-refractivity contribution in [2.75, 3.05) is 9.80 Å². The van der Waals surface area contributed by atoms with Gasteiger partial charge in [0.1, 0.15) is 16.7 Å². The molecule has 0 aliphatic rings. The Morgan fingerprint density at radius 1 is 0.485 bits per heavy atom. The summed E-state index contributed by atoms with van der Waals surface area (Å²) in [7, 11) is 0. The van der Waals surface area contributed by atoms with Crippen LogP contribution in [0.15, 0.2) is 233 Å². The van der Waals surface area contributed by atoms with Crippen LogP contribution in [0.4, 0.5) is 34.1 Å². The molecular weight excluding hydrogens is 831 g/mol. The van der Waals surface area contributed by atoms with Gasteiger partial charge >= 0.3 is 0 Å². The smallest absolute Gasteiger partial charge is 0.159 e. The quantitative estimate of drug-likeness (QED) is 0.0957. The molecule has 0 saturated heterocycles. The number of unbranched alkanes of at least 4 members (excludes halogenated alkanes) is 1. The standard InChI is InChI=1S/C63H47N3O2/c1-3-5-8-20-42(4-2)48-25-15-17-30-57(48)66(58-31-19-29-52-50-27-16-18-32-59(50)67-62(52)58)46-34-37-54-60(40-46)68-63-53-36-33-43(39-55(53)49-26-13-14-28-51(49)61(54)63)56-38-35-47(41-64-56)65(44-21-9-6-10-22-44)45-23-11-7-12-24-45/h4,6-41H,3,5H2,1-2H3/b20-8-,42-4+. The van der Waals surface area contributed by atoms with Gasteiger partial charge in [0.25, 0.3) is 0 Å². The molecule has 0 aliphatic heterocycles. The zero-order valence-corrected chi connectivity index (χ0v) is 37.9. The van der Waals surface area contributed by atoms with Gasteiger partial charge in [0, 0.05) is 55.5 Å². The van der Waals surface area contributed by atoms with Gasteiger partial charge in [-0.25, -0.2) is 0 Å². The second-order valence-electron chi connectivity index (χ2n) is 17.2. The largest absolute Gasteiger partial charge is 0.455 e. The first-order valence-corrected chi connectivity index (χ1v) is 23.5. The Balaban J connectivity index is 1.01. The number of rotatable bonds is 11. The van der Waals surface area contributed by atoms with Crippen molar-refractivity contribution in [2.45, 2.75) is 26.7 Å². The summed E-state index contributed by atoms with van der Waals surface area (Å²) in [6.07, 6.45) is 10.8. The number of allylic oxidation sites excluding steroid dienone is 4.